The highest BCUT2D eigenvalue weighted by atomic mass is 32.2. The molecular weight excluding hydrogens is 406 g/mol. The molecule has 1 saturated heterocycles. The molecule has 2 aromatic rings. The van der Waals surface area contributed by atoms with Crippen LogP contribution in [0.3, 0.4) is 0 Å². The van der Waals surface area contributed by atoms with Crippen molar-refractivity contribution in [1.82, 2.24) is 25.0 Å². The van der Waals surface area contributed by atoms with Crippen molar-refractivity contribution in [3.05, 3.63) is 35.7 Å². The maximum atomic E-state index is 12.5. The first-order valence-corrected chi connectivity index (χ1v) is 10.9. The summed E-state index contributed by atoms with van der Waals surface area (Å²) in [6.07, 6.45) is 0. The summed E-state index contributed by atoms with van der Waals surface area (Å²) in [6, 6.07) is 6.58. The summed E-state index contributed by atoms with van der Waals surface area (Å²) < 4.78 is 12.3. The van der Waals surface area contributed by atoms with Gasteiger partial charge in [-0.25, -0.2) is 0 Å². The molecule has 1 N–H and O–H groups in total. The maximum Gasteiger partial charge on any atom is 0.251 e. The molecule has 0 bridgehead atoms. The van der Waals surface area contributed by atoms with E-state index < -0.39 is 0 Å². The summed E-state index contributed by atoms with van der Waals surface area (Å²) in [5.41, 5.74) is 0.538. The Morgan fingerprint density at radius 1 is 1.23 bits per heavy atom. The lowest BCUT2D eigenvalue weighted by Gasteiger charge is -2.26. The molecule has 0 aliphatic carbocycles. The van der Waals surface area contributed by atoms with Crippen LogP contribution >= 0.6 is 11.8 Å². The van der Waals surface area contributed by atoms with E-state index in [1.807, 2.05) is 23.3 Å². The van der Waals surface area contributed by atoms with E-state index in [1.165, 1.54) is 11.8 Å². The fraction of sp³-hybridized carbons (Fsp3) is 0.500. The summed E-state index contributed by atoms with van der Waals surface area (Å²) in [7, 11) is 1.58. The van der Waals surface area contributed by atoms with Crippen LogP contribution in [0.4, 0.5) is 0 Å². The summed E-state index contributed by atoms with van der Waals surface area (Å²) >= 11 is 1.36. The highest BCUT2D eigenvalue weighted by molar-refractivity contribution is 7.99. The van der Waals surface area contributed by atoms with Crippen molar-refractivity contribution in [2.75, 3.05) is 39.2 Å². The van der Waals surface area contributed by atoms with Gasteiger partial charge in [0.15, 0.2) is 11.0 Å². The van der Waals surface area contributed by atoms with Gasteiger partial charge in [-0.05, 0) is 38.1 Å². The maximum absolute atomic E-state index is 12.5. The number of carbonyl (C=O) groups is 2. The predicted octanol–water partition coefficient (Wildman–Crippen LogP) is 1.75. The zero-order valence-corrected chi connectivity index (χ0v) is 18.3. The van der Waals surface area contributed by atoms with E-state index in [4.69, 9.17) is 9.47 Å². The number of hydrogen-bond acceptors (Lipinski definition) is 7. The number of ether oxygens (including phenoxy) is 2. The molecule has 0 saturated carbocycles. The highest BCUT2D eigenvalue weighted by Crippen LogP contribution is 2.21. The Morgan fingerprint density at radius 2 is 1.93 bits per heavy atom. The number of thioether (sulfide) groups is 1. The zero-order chi connectivity index (χ0) is 21.5. The van der Waals surface area contributed by atoms with Gasteiger partial charge in [-0.1, -0.05) is 11.8 Å². The van der Waals surface area contributed by atoms with Gasteiger partial charge in [-0.3, -0.25) is 9.59 Å². The number of nitrogens with zero attached hydrogens (tertiary/aromatic N) is 4. The number of carbonyl (C=O) groups excluding carboxylic acids is 2. The number of hydrogen-bond donors (Lipinski definition) is 1. The molecule has 162 valence electrons. The van der Waals surface area contributed by atoms with Crippen LogP contribution in [-0.4, -0.2) is 70.6 Å². The molecule has 1 aromatic heterocycles. The number of methoxy groups -OCH3 is 1. The third-order valence-corrected chi connectivity index (χ3v) is 5.79. The van der Waals surface area contributed by atoms with Crippen molar-refractivity contribution in [2.45, 2.75) is 31.6 Å². The standard InChI is InChI=1S/C20H27N5O4S/c1-4-25-18(14(2)21-19(27)15-5-7-16(28-3)8-6-15)22-23-20(25)30-13-17(26)24-9-11-29-12-10-24/h5-8,14H,4,9-13H2,1-3H3,(H,21,27)/t14-/m0/s1. The molecule has 0 spiro atoms. The van der Waals surface area contributed by atoms with Crippen molar-refractivity contribution < 1.29 is 19.1 Å². The molecule has 0 radical (unpaired) electrons. The Kier molecular flexibility index (Phi) is 7.69. The van der Waals surface area contributed by atoms with Crippen LogP contribution in [0.15, 0.2) is 29.4 Å². The molecule has 30 heavy (non-hydrogen) atoms. The lowest BCUT2D eigenvalue weighted by atomic mass is 10.2. The Hall–Kier alpha value is -2.59. The van der Waals surface area contributed by atoms with Crippen LogP contribution in [0, 0.1) is 0 Å². The predicted molar refractivity (Wildman–Crippen MR) is 113 cm³/mol. The zero-order valence-electron chi connectivity index (χ0n) is 17.5. The second-order valence-corrected chi connectivity index (χ2v) is 7.73. The normalized spacial score (nSPS) is 15.0. The lowest BCUT2D eigenvalue weighted by Crippen LogP contribution is -2.41. The highest BCUT2D eigenvalue weighted by Gasteiger charge is 2.22. The molecule has 3 rings (SSSR count). The van der Waals surface area contributed by atoms with Gasteiger partial charge in [0, 0.05) is 25.2 Å². The van der Waals surface area contributed by atoms with Crippen molar-refractivity contribution in [3.63, 3.8) is 0 Å². The van der Waals surface area contributed by atoms with E-state index in [0.29, 0.717) is 60.9 Å². The van der Waals surface area contributed by atoms with Crippen LogP contribution in [0.25, 0.3) is 0 Å². The van der Waals surface area contributed by atoms with E-state index >= 15 is 0 Å². The van der Waals surface area contributed by atoms with E-state index in [2.05, 4.69) is 15.5 Å². The minimum Gasteiger partial charge on any atom is -0.497 e. The number of nitrogens with one attached hydrogen (secondary N) is 1. The Labute approximate surface area is 180 Å². The first kappa shape index (κ1) is 22.1. The minimum atomic E-state index is -0.337. The van der Waals surface area contributed by atoms with Crippen molar-refractivity contribution >= 4 is 23.6 Å². The van der Waals surface area contributed by atoms with Gasteiger partial charge in [-0.2, -0.15) is 0 Å². The van der Waals surface area contributed by atoms with Gasteiger partial charge in [0.1, 0.15) is 5.75 Å². The van der Waals surface area contributed by atoms with Crippen molar-refractivity contribution in [1.29, 1.82) is 0 Å². The van der Waals surface area contributed by atoms with E-state index in [9.17, 15) is 9.59 Å². The number of benzene rings is 1. The summed E-state index contributed by atoms with van der Waals surface area (Å²) in [4.78, 5) is 26.7. The largest absolute Gasteiger partial charge is 0.497 e. The molecule has 1 atom stereocenters. The molecule has 1 aliphatic heterocycles. The topological polar surface area (TPSA) is 98.6 Å². The van der Waals surface area contributed by atoms with Crippen molar-refractivity contribution in [2.24, 2.45) is 0 Å². The second kappa shape index (κ2) is 10.4. The lowest BCUT2D eigenvalue weighted by molar-refractivity contribution is -0.132. The Bertz CT molecular complexity index is 865. The molecule has 0 unspecified atom stereocenters. The van der Waals surface area contributed by atoms with Crippen LogP contribution in [0.5, 0.6) is 5.75 Å². The molecule has 2 heterocycles. The Morgan fingerprint density at radius 3 is 2.57 bits per heavy atom. The summed E-state index contributed by atoms with van der Waals surface area (Å²) in [5.74, 6) is 1.51. The van der Waals surface area contributed by atoms with Gasteiger partial charge in [0.25, 0.3) is 5.91 Å². The van der Waals surface area contributed by atoms with Crippen LogP contribution in [-0.2, 0) is 16.1 Å². The summed E-state index contributed by atoms with van der Waals surface area (Å²) in [5, 5.41) is 12.1. The number of amides is 2. The van der Waals surface area contributed by atoms with Crippen LogP contribution in [0.1, 0.15) is 36.1 Å². The van der Waals surface area contributed by atoms with Gasteiger partial charge in [0.2, 0.25) is 5.91 Å². The fourth-order valence-electron chi connectivity index (χ4n) is 3.14. The second-order valence-electron chi connectivity index (χ2n) is 6.79. The SMILES string of the molecule is CCn1c(SCC(=O)N2CCOCC2)nnc1[C@H](C)NC(=O)c1ccc(OC)cc1. The minimum absolute atomic E-state index is 0.0661. The number of morpholine rings is 1. The smallest absolute Gasteiger partial charge is 0.251 e. The Balaban J connectivity index is 1.61. The summed E-state index contributed by atoms with van der Waals surface area (Å²) in [6.45, 7) is 6.90. The third kappa shape index (κ3) is 5.31. The average molecular weight is 434 g/mol. The first-order valence-electron chi connectivity index (χ1n) is 9.89. The average Bonchev–Trinajstić information content (AvgIpc) is 3.21. The van der Waals surface area contributed by atoms with Gasteiger partial charge in [0.05, 0.1) is 32.1 Å². The molecule has 10 heteroatoms. The van der Waals surface area contributed by atoms with Gasteiger partial charge >= 0.3 is 0 Å². The molecule has 2 amide bonds. The molecule has 1 aliphatic rings. The molecule has 1 aromatic carbocycles. The molecule has 9 nitrogen and oxygen atoms in total. The van der Waals surface area contributed by atoms with E-state index in [-0.39, 0.29) is 17.9 Å². The third-order valence-electron chi connectivity index (χ3n) is 4.84. The number of rotatable bonds is 8. The van der Waals surface area contributed by atoms with Gasteiger partial charge < -0.3 is 24.3 Å². The molecule has 1 fully saturated rings. The van der Waals surface area contributed by atoms with E-state index in [1.54, 1.807) is 31.4 Å². The van der Waals surface area contributed by atoms with Crippen LogP contribution < -0.4 is 10.1 Å². The van der Waals surface area contributed by atoms with Gasteiger partial charge in [-0.15, -0.1) is 10.2 Å². The van der Waals surface area contributed by atoms with Crippen LogP contribution in [0.2, 0.25) is 0 Å². The van der Waals surface area contributed by atoms with E-state index in [0.717, 1.165) is 0 Å². The first-order chi connectivity index (χ1) is 14.5. The number of aromatic nitrogens is 3. The van der Waals surface area contributed by atoms with Crippen molar-refractivity contribution in [3.8, 4) is 5.75 Å². The quantitative estimate of drug-likeness (QED) is 0.633. The monoisotopic (exact) mass is 433 g/mol. The molecular formula is C20H27N5O4S. The fourth-order valence-corrected chi connectivity index (χ4v) is 4.05.